The molecule has 1 aromatic heterocycles. The fourth-order valence-electron chi connectivity index (χ4n) is 4.47. The van der Waals surface area contributed by atoms with Crippen molar-refractivity contribution in [3.8, 4) is 0 Å². The summed E-state index contributed by atoms with van der Waals surface area (Å²) in [4.78, 5) is 18.4. The Morgan fingerprint density at radius 1 is 0.784 bits per heavy atom. The fourth-order valence-corrected chi connectivity index (χ4v) is 4.47. The van der Waals surface area contributed by atoms with Gasteiger partial charge in [0.15, 0.2) is 0 Å². The Bertz CT molecular complexity index is 1180. The van der Waals surface area contributed by atoms with Crippen molar-refractivity contribution < 1.29 is 23.1 Å². The highest BCUT2D eigenvalue weighted by atomic mass is 31.1. The number of nitrogens with zero attached hydrogens (tertiary/aromatic N) is 3. The molecule has 37 heavy (non-hydrogen) atoms. The average Bonchev–Trinajstić information content (AvgIpc) is 3.41. The molecule has 9 heteroatoms. The number of rotatable bonds is 8. The van der Waals surface area contributed by atoms with Crippen LogP contribution in [0.2, 0.25) is 0 Å². The van der Waals surface area contributed by atoms with Gasteiger partial charge in [-0.1, -0.05) is 112 Å². The molecule has 0 unspecified atom stereocenters. The predicted octanol–water partition coefficient (Wildman–Crippen LogP) is 6.66. The lowest BCUT2D eigenvalue weighted by molar-refractivity contribution is -0.133. The Balaban J connectivity index is 0.000000886. The number of benzene rings is 3. The van der Waals surface area contributed by atoms with Gasteiger partial charge in [0.25, 0.3) is 0 Å². The molecule has 0 aliphatic rings. The van der Waals surface area contributed by atoms with E-state index in [-0.39, 0.29) is 0 Å². The number of hydrogen-bond acceptors (Lipinski definition) is 3. The van der Waals surface area contributed by atoms with E-state index in [1.54, 1.807) is 25.5 Å². The largest absolute Gasteiger partial charge is 0.692 e. The molecule has 0 saturated heterocycles. The molecule has 0 radical (unpaired) electrons. The van der Waals surface area contributed by atoms with Gasteiger partial charge >= 0.3 is 14.2 Å². The molecule has 0 aliphatic heterocycles. The van der Waals surface area contributed by atoms with Crippen LogP contribution in [0.3, 0.4) is 0 Å². The summed E-state index contributed by atoms with van der Waals surface area (Å²) in [6.07, 6.45) is 2.10. The van der Waals surface area contributed by atoms with Crippen LogP contribution >= 0.6 is 8.25 Å². The molecular weight excluding hydrogens is 495 g/mol. The van der Waals surface area contributed by atoms with Gasteiger partial charge in [0, 0.05) is 9.98 Å². The quantitative estimate of drug-likeness (QED) is 0.198. The summed E-state index contributed by atoms with van der Waals surface area (Å²) in [5, 5.41) is 4.50. The van der Waals surface area contributed by atoms with Gasteiger partial charge in [0.05, 0.1) is 0 Å². The summed E-state index contributed by atoms with van der Waals surface area (Å²) in [5.41, 5.74) is 0.552. The van der Waals surface area contributed by atoms with Gasteiger partial charge in [-0.15, -0.1) is 14.9 Å². The van der Waals surface area contributed by atoms with Gasteiger partial charge in [-0.3, -0.25) is 0 Å². The van der Waals surface area contributed by atoms with Gasteiger partial charge in [-0.2, -0.15) is 8.78 Å². The molecule has 4 rings (SSSR count). The highest BCUT2D eigenvalue weighted by Gasteiger charge is 2.53. The zero-order valence-electron chi connectivity index (χ0n) is 21.0. The topological polar surface area (TPSA) is 88.2 Å². The zero-order valence-corrected chi connectivity index (χ0v) is 21.9. The highest BCUT2D eigenvalue weighted by Crippen LogP contribution is 2.49. The van der Waals surface area contributed by atoms with Gasteiger partial charge in [0.2, 0.25) is 5.82 Å². The van der Waals surface area contributed by atoms with Crippen molar-refractivity contribution in [2.45, 2.75) is 45.1 Å². The Morgan fingerprint density at radius 3 is 1.46 bits per heavy atom. The monoisotopic (exact) mass is 526 g/mol. The van der Waals surface area contributed by atoms with Crippen LogP contribution in [0.25, 0.3) is 0 Å². The Morgan fingerprint density at radius 2 is 1.14 bits per heavy atom. The molecule has 194 valence electrons. The van der Waals surface area contributed by atoms with E-state index in [0.29, 0.717) is 12.8 Å². The van der Waals surface area contributed by atoms with Gasteiger partial charge in [-0.05, 0) is 29.5 Å². The maximum Gasteiger partial charge on any atom is 0.692 e. The summed E-state index contributed by atoms with van der Waals surface area (Å²) >= 11 is 0. The first-order valence-electron chi connectivity index (χ1n) is 12.0. The van der Waals surface area contributed by atoms with Crippen LogP contribution in [-0.2, 0) is 16.0 Å². The lowest BCUT2D eigenvalue weighted by atomic mass is 9.77. The summed E-state index contributed by atoms with van der Waals surface area (Å²) < 4.78 is 41.7. The van der Waals surface area contributed by atoms with Crippen molar-refractivity contribution in [3.05, 3.63) is 120 Å². The summed E-state index contributed by atoms with van der Waals surface area (Å²) in [6.45, 7) is 5.18. The van der Waals surface area contributed by atoms with Crippen LogP contribution < -0.4 is 0 Å². The zero-order chi connectivity index (χ0) is 27.1. The van der Waals surface area contributed by atoms with E-state index >= 15 is 8.78 Å². The third-order valence-corrected chi connectivity index (χ3v) is 7.01. The molecule has 2 N–H and O–H groups in total. The minimum absolute atomic E-state index is 0.326. The summed E-state index contributed by atoms with van der Waals surface area (Å²) in [7, 11) is -2.87. The number of alkyl halides is 2. The maximum atomic E-state index is 15.7. The Hall–Kier alpha value is -3.32. The van der Waals surface area contributed by atoms with Crippen LogP contribution in [0, 0.1) is 5.41 Å². The molecule has 6 nitrogen and oxygen atoms in total. The number of halogens is 2. The average molecular weight is 527 g/mol. The molecule has 3 aromatic carbocycles. The first kappa shape index (κ1) is 28.3. The first-order valence-corrected chi connectivity index (χ1v) is 13.1. The van der Waals surface area contributed by atoms with Crippen molar-refractivity contribution in [1.82, 2.24) is 14.8 Å². The third-order valence-electron chi connectivity index (χ3n) is 7.01. The van der Waals surface area contributed by atoms with E-state index in [4.69, 9.17) is 14.4 Å². The minimum atomic E-state index is -3.17. The molecule has 0 aliphatic carbocycles. The van der Waals surface area contributed by atoms with Crippen LogP contribution in [0.5, 0.6) is 0 Å². The van der Waals surface area contributed by atoms with E-state index < -0.39 is 31.0 Å². The SMILES string of the molecule is CCC(C)(CC)C(F)(F)c1ncn(C(c2ccccc2)(c2ccccc2)c2ccccc2)n1.O=[P+](O)O. The van der Waals surface area contributed by atoms with Crippen molar-refractivity contribution >= 4 is 8.25 Å². The molecule has 4 aromatic rings. The van der Waals surface area contributed by atoms with E-state index in [1.807, 2.05) is 91.0 Å². The Kier molecular flexibility index (Phi) is 9.02. The molecular formula is C28H31F2N3O3P+. The van der Waals surface area contributed by atoms with Crippen molar-refractivity contribution in [1.29, 1.82) is 0 Å². The second-order valence-electron chi connectivity index (χ2n) is 8.92. The fraction of sp³-hybridized carbons (Fsp3) is 0.286. The van der Waals surface area contributed by atoms with Gasteiger partial charge in [0.1, 0.15) is 11.9 Å². The molecule has 0 saturated carbocycles. The van der Waals surface area contributed by atoms with Gasteiger partial charge in [-0.25, -0.2) is 9.67 Å². The standard InChI is InChI=1S/C28H29F2N3.HO3P/c1-4-26(3,5-2)28(29,30)25-31-21-33(32-25)27(22-15-9-6-10-16-22,23-17-11-7-12-18-23)24-19-13-8-14-20-24;1-4(2)3/h6-21H,4-5H2,1-3H3;(H-,1,2,3)/p+1. The van der Waals surface area contributed by atoms with Gasteiger partial charge < -0.3 is 0 Å². The lowest BCUT2D eigenvalue weighted by Gasteiger charge is -2.36. The second kappa shape index (κ2) is 11.8. The van der Waals surface area contributed by atoms with E-state index in [2.05, 4.69) is 10.1 Å². The molecule has 1 heterocycles. The predicted molar refractivity (Wildman–Crippen MR) is 139 cm³/mol. The molecule has 0 atom stereocenters. The van der Waals surface area contributed by atoms with Crippen LogP contribution in [0.4, 0.5) is 8.78 Å². The van der Waals surface area contributed by atoms with Crippen molar-refractivity contribution in [2.75, 3.05) is 0 Å². The maximum absolute atomic E-state index is 15.7. The van der Waals surface area contributed by atoms with Crippen molar-refractivity contribution in [2.24, 2.45) is 5.41 Å². The minimum Gasteiger partial charge on any atom is -0.233 e. The van der Waals surface area contributed by atoms with Crippen LogP contribution in [0.15, 0.2) is 97.3 Å². The third kappa shape index (κ3) is 5.52. The lowest BCUT2D eigenvalue weighted by Crippen LogP contribution is -2.40. The summed E-state index contributed by atoms with van der Waals surface area (Å²) in [5.74, 6) is -3.61. The normalized spacial score (nSPS) is 12.0. The van der Waals surface area contributed by atoms with E-state index in [9.17, 15) is 0 Å². The highest BCUT2D eigenvalue weighted by molar-refractivity contribution is 7.30. The molecule has 0 fully saturated rings. The Labute approximate surface area is 216 Å². The summed E-state index contributed by atoms with van der Waals surface area (Å²) in [6, 6.07) is 29.6. The van der Waals surface area contributed by atoms with Crippen LogP contribution in [0.1, 0.15) is 56.1 Å². The molecule has 0 spiro atoms. The number of aromatic nitrogens is 3. The second-order valence-corrected chi connectivity index (χ2v) is 9.42. The molecule has 0 bridgehead atoms. The smallest absolute Gasteiger partial charge is 0.233 e. The molecule has 0 amide bonds. The number of hydrogen-bond donors (Lipinski definition) is 2. The van der Waals surface area contributed by atoms with Crippen molar-refractivity contribution in [3.63, 3.8) is 0 Å². The van der Waals surface area contributed by atoms with E-state index in [0.717, 1.165) is 16.7 Å². The van der Waals surface area contributed by atoms with Crippen LogP contribution in [-0.4, -0.2) is 24.6 Å². The van der Waals surface area contributed by atoms with E-state index in [1.165, 1.54) is 6.33 Å². The first-order chi connectivity index (χ1) is 17.6.